The van der Waals surface area contributed by atoms with Crippen LogP contribution in [0.4, 0.5) is 0 Å². The molecule has 0 bridgehead atoms. The molecular formula is C14H24N4OS. The molecule has 0 saturated carbocycles. The molecule has 0 aliphatic carbocycles. The third-order valence-electron chi connectivity index (χ3n) is 3.93. The minimum absolute atomic E-state index is 0.215. The summed E-state index contributed by atoms with van der Waals surface area (Å²) in [6.07, 6.45) is 6.48. The topological polar surface area (TPSA) is 41.4 Å². The highest BCUT2D eigenvalue weighted by Crippen LogP contribution is 2.24. The van der Waals surface area contributed by atoms with Gasteiger partial charge in [0.15, 0.2) is 0 Å². The average molecular weight is 296 g/mol. The van der Waals surface area contributed by atoms with Crippen LogP contribution in [0.25, 0.3) is 0 Å². The Morgan fingerprint density at radius 2 is 2.30 bits per heavy atom. The number of rotatable bonds is 5. The minimum atomic E-state index is 0.215. The summed E-state index contributed by atoms with van der Waals surface area (Å²) in [7, 11) is 2.02. The van der Waals surface area contributed by atoms with Crippen LogP contribution in [0.15, 0.2) is 12.4 Å². The molecule has 2 rings (SSSR count). The van der Waals surface area contributed by atoms with Gasteiger partial charge in [-0.15, -0.1) is 0 Å². The first-order valence-corrected chi connectivity index (χ1v) is 8.54. The number of nitrogens with zero attached hydrogens (tertiary/aromatic N) is 4. The number of carbonyl (C=O) groups excluding carboxylic acids is 1. The number of hydrogen-bond donors (Lipinski definition) is 0. The van der Waals surface area contributed by atoms with Crippen molar-refractivity contribution in [1.29, 1.82) is 0 Å². The van der Waals surface area contributed by atoms with Crippen molar-refractivity contribution in [2.75, 3.05) is 38.2 Å². The number of carbonyl (C=O) groups is 1. The van der Waals surface area contributed by atoms with E-state index < -0.39 is 0 Å². The number of thioether (sulfide) groups is 1. The lowest BCUT2D eigenvalue weighted by Gasteiger charge is -2.40. The largest absolute Gasteiger partial charge is 0.339 e. The summed E-state index contributed by atoms with van der Waals surface area (Å²) in [6.45, 7) is 5.68. The molecule has 1 saturated heterocycles. The quantitative estimate of drug-likeness (QED) is 0.823. The zero-order valence-corrected chi connectivity index (χ0v) is 13.4. The Hall–Kier alpha value is -1.01. The molecule has 0 spiro atoms. The standard InChI is InChI=1S/C14H24N4OS/c1-4-17-8-9-18(13(19)5-10-20-3)11-12(17)14-15-6-7-16(14)2/h6-7,12H,4-5,8-11H2,1-3H3/t12-/m1/s1. The third-order valence-corrected chi connectivity index (χ3v) is 4.54. The molecule has 0 radical (unpaired) electrons. The first-order valence-electron chi connectivity index (χ1n) is 7.15. The van der Waals surface area contributed by atoms with Gasteiger partial charge in [-0.2, -0.15) is 11.8 Å². The molecule has 1 aromatic heterocycles. The van der Waals surface area contributed by atoms with Gasteiger partial charge in [-0.25, -0.2) is 4.98 Å². The Morgan fingerprint density at radius 1 is 1.50 bits per heavy atom. The van der Waals surface area contributed by atoms with E-state index in [1.54, 1.807) is 11.8 Å². The first kappa shape index (κ1) is 15.4. The molecule has 20 heavy (non-hydrogen) atoms. The number of hydrogen-bond acceptors (Lipinski definition) is 4. The molecule has 6 heteroatoms. The normalized spacial score (nSPS) is 20.4. The van der Waals surface area contributed by atoms with Gasteiger partial charge in [-0.3, -0.25) is 9.69 Å². The lowest BCUT2D eigenvalue weighted by molar-refractivity contribution is -0.133. The number of amides is 1. The number of likely N-dealkylation sites (N-methyl/N-ethyl adjacent to an activating group) is 1. The average Bonchev–Trinajstić information content (AvgIpc) is 2.90. The highest BCUT2D eigenvalue weighted by atomic mass is 32.2. The molecule has 1 aliphatic rings. The van der Waals surface area contributed by atoms with Crippen molar-refractivity contribution >= 4 is 17.7 Å². The van der Waals surface area contributed by atoms with Crippen LogP contribution < -0.4 is 0 Å². The zero-order valence-electron chi connectivity index (χ0n) is 12.6. The monoisotopic (exact) mass is 296 g/mol. The second kappa shape index (κ2) is 7.13. The molecule has 112 valence electrons. The third kappa shape index (κ3) is 3.35. The second-order valence-corrected chi connectivity index (χ2v) is 6.11. The van der Waals surface area contributed by atoms with Gasteiger partial charge in [-0.05, 0) is 12.8 Å². The van der Waals surface area contributed by atoms with Crippen LogP contribution in [0, 0.1) is 0 Å². The molecular weight excluding hydrogens is 272 g/mol. The van der Waals surface area contributed by atoms with Crippen molar-refractivity contribution in [2.45, 2.75) is 19.4 Å². The van der Waals surface area contributed by atoms with Crippen molar-refractivity contribution < 1.29 is 4.79 Å². The van der Waals surface area contributed by atoms with E-state index in [-0.39, 0.29) is 11.9 Å². The Morgan fingerprint density at radius 3 is 2.90 bits per heavy atom. The van der Waals surface area contributed by atoms with E-state index in [0.717, 1.165) is 37.8 Å². The summed E-state index contributed by atoms with van der Waals surface area (Å²) in [6, 6.07) is 0.215. The fraction of sp³-hybridized carbons (Fsp3) is 0.714. The smallest absolute Gasteiger partial charge is 0.223 e. The SMILES string of the molecule is CCN1CCN(C(=O)CCSC)C[C@@H]1c1nccn1C. The van der Waals surface area contributed by atoms with E-state index >= 15 is 0 Å². The summed E-state index contributed by atoms with van der Waals surface area (Å²) < 4.78 is 2.06. The van der Waals surface area contributed by atoms with Gasteiger partial charge in [0.05, 0.1) is 6.04 Å². The molecule has 2 heterocycles. The van der Waals surface area contributed by atoms with Crippen molar-refractivity contribution in [1.82, 2.24) is 19.4 Å². The molecule has 0 N–H and O–H groups in total. The molecule has 1 aromatic rings. The van der Waals surface area contributed by atoms with Crippen molar-refractivity contribution in [3.63, 3.8) is 0 Å². The van der Waals surface area contributed by atoms with E-state index in [2.05, 4.69) is 21.4 Å². The van der Waals surface area contributed by atoms with E-state index in [0.29, 0.717) is 6.42 Å². The Labute approximate surface area is 125 Å². The first-order chi connectivity index (χ1) is 9.67. The molecule has 1 amide bonds. The van der Waals surface area contributed by atoms with E-state index in [1.807, 2.05) is 30.6 Å². The summed E-state index contributed by atoms with van der Waals surface area (Å²) in [4.78, 5) is 21.1. The number of aromatic nitrogens is 2. The summed E-state index contributed by atoms with van der Waals surface area (Å²) >= 11 is 1.73. The lowest BCUT2D eigenvalue weighted by atomic mass is 10.1. The maximum absolute atomic E-state index is 12.2. The van der Waals surface area contributed by atoms with Gasteiger partial charge >= 0.3 is 0 Å². The van der Waals surface area contributed by atoms with Gasteiger partial charge in [0.25, 0.3) is 0 Å². The number of piperazine rings is 1. The molecule has 0 unspecified atom stereocenters. The van der Waals surface area contributed by atoms with Crippen LogP contribution in [-0.4, -0.2) is 63.4 Å². The Kier molecular flexibility index (Phi) is 5.48. The van der Waals surface area contributed by atoms with Crippen molar-refractivity contribution in [3.05, 3.63) is 18.2 Å². The fourth-order valence-electron chi connectivity index (χ4n) is 2.72. The Balaban J connectivity index is 2.08. The Bertz CT molecular complexity index is 448. The van der Waals surface area contributed by atoms with E-state index in [1.165, 1.54) is 0 Å². The number of imidazole rings is 1. The van der Waals surface area contributed by atoms with Gasteiger partial charge in [0, 0.05) is 51.2 Å². The minimum Gasteiger partial charge on any atom is -0.339 e. The van der Waals surface area contributed by atoms with Crippen LogP contribution in [0.5, 0.6) is 0 Å². The number of aryl methyl sites for hydroxylation is 1. The van der Waals surface area contributed by atoms with Gasteiger partial charge in [-0.1, -0.05) is 6.92 Å². The van der Waals surface area contributed by atoms with Crippen LogP contribution in [-0.2, 0) is 11.8 Å². The highest BCUT2D eigenvalue weighted by Gasteiger charge is 2.31. The van der Waals surface area contributed by atoms with Gasteiger partial charge < -0.3 is 9.47 Å². The van der Waals surface area contributed by atoms with E-state index in [4.69, 9.17) is 0 Å². The lowest BCUT2D eigenvalue weighted by Crippen LogP contribution is -2.51. The predicted octanol–water partition coefficient (Wildman–Crippen LogP) is 1.38. The van der Waals surface area contributed by atoms with Crippen molar-refractivity contribution in [2.24, 2.45) is 7.05 Å². The summed E-state index contributed by atoms with van der Waals surface area (Å²) in [5.41, 5.74) is 0. The zero-order chi connectivity index (χ0) is 14.5. The second-order valence-electron chi connectivity index (χ2n) is 5.12. The molecule has 1 aliphatic heterocycles. The van der Waals surface area contributed by atoms with Gasteiger partial charge in [0.1, 0.15) is 5.82 Å². The van der Waals surface area contributed by atoms with Crippen LogP contribution in [0.2, 0.25) is 0 Å². The van der Waals surface area contributed by atoms with Crippen LogP contribution in [0.3, 0.4) is 0 Å². The maximum atomic E-state index is 12.2. The summed E-state index contributed by atoms with van der Waals surface area (Å²) in [5.74, 6) is 2.23. The maximum Gasteiger partial charge on any atom is 0.223 e. The highest BCUT2D eigenvalue weighted by molar-refractivity contribution is 7.98. The molecule has 0 aromatic carbocycles. The molecule has 5 nitrogen and oxygen atoms in total. The predicted molar refractivity (Wildman–Crippen MR) is 82.8 cm³/mol. The molecule has 1 fully saturated rings. The van der Waals surface area contributed by atoms with E-state index in [9.17, 15) is 4.79 Å². The summed E-state index contributed by atoms with van der Waals surface area (Å²) in [5, 5.41) is 0. The van der Waals surface area contributed by atoms with Crippen LogP contribution in [0.1, 0.15) is 25.2 Å². The van der Waals surface area contributed by atoms with Crippen molar-refractivity contribution in [3.8, 4) is 0 Å². The fourth-order valence-corrected chi connectivity index (χ4v) is 3.09. The molecule has 1 atom stereocenters. The van der Waals surface area contributed by atoms with Crippen LogP contribution >= 0.6 is 11.8 Å². The van der Waals surface area contributed by atoms with Gasteiger partial charge in [0.2, 0.25) is 5.91 Å².